The highest BCUT2D eigenvalue weighted by Gasteiger charge is 2.28. The van der Waals surface area contributed by atoms with Gasteiger partial charge in [0.2, 0.25) is 0 Å². The van der Waals surface area contributed by atoms with E-state index in [1.807, 2.05) is 0 Å². The van der Waals surface area contributed by atoms with Crippen molar-refractivity contribution < 1.29 is 19.8 Å². The summed E-state index contributed by atoms with van der Waals surface area (Å²) >= 11 is 0. The molecule has 0 spiro atoms. The normalized spacial score (nSPS) is 28.3. The number of nitrogens with two attached hydrogens (primary N) is 1. The lowest BCUT2D eigenvalue weighted by atomic mass is 9.79. The van der Waals surface area contributed by atoms with Crippen molar-refractivity contribution in [2.24, 2.45) is 17.6 Å². The highest BCUT2D eigenvalue weighted by atomic mass is 16.4. The highest BCUT2D eigenvalue weighted by Crippen LogP contribution is 2.31. The molecule has 0 bridgehead atoms. The maximum absolute atomic E-state index is 10.7. The van der Waals surface area contributed by atoms with Crippen molar-refractivity contribution in [2.45, 2.75) is 38.1 Å². The van der Waals surface area contributed by atoms with Crippen LogP contribution in [0.2, 0.25) is 0 Å². The van der Waals surface area contributed by atoms with Crippen LogP contribution < -0.4 is 5.73 Å². The summed E-state index contributed by atoms with van der Waals surface area (Å²) in [4.78, 5) is 21.2. The van der Waals surface area contributed by atoms with Crippen LogP contribution in [0.15, 0.2) is 0 Å². The van der Waals surface area contributed by atoms with Crippen LogP contribution in [0.1, 0.15) is 32.1 Å². The summed E-state index contributed by atoms with van der Waals surface area (Å²) in [5, 5.41) is 17.4. The SMILES string of the molecule is NC(CC1CCC(C(=O)O)CC1)C(=O)O. The molecule has 5 heteroatoms. The Balaban J connectivity index is 2.31. The lowest BCUT2D eigenvalue weighted by Crippen LogP contribution is -2.34. The number of rotatable bonds is 4. The molecule has 15 heavy (non-hydrogen) atoms. The topological polar surface area (TPSA) is 101 Å². The van der Waals surface area contributed by atoms with Crippen molar-refractivity contribution >= 4 is 11.9 Å². The average molecular weight is 215 g/mol. The summed E-state index contributed by atoms with van der Waals surface area (Å²) in [7, 11) is 0. The summed E-state index contributed by atoms with van der Waals surface area (Å²) in [6.45, 7) is 0. The monoisotopic (exact) mass is 215 g/mol. The minimum absolute atomic E-state index is 0.248. The van der Waals surface area contributed by atoms with E-state index in [2.05, 4.69) is 0 Å². The quantitative estimate of drug-likeness (QED) is 0.640. The highest BCUT2D eigenvalue weighted by molar-refractivity contribution is 5.73. The molecular formula is C10H17NO4. The van der Waals surface area contributed by atoms with Crippen molar-refractivity contribution in [3.8, 4) is 0 Å². The van der Waals surface area contributed by atoms with Gasteiger partial charge >= 0.3 is 11.9 Å². The van der Waals surface area contributed by atoms with E-state index in [0.29, 0.717) is 19.3 Å². The van der Waals surface area contributed by atoms with E-state index in [9.17, 15) is 9.59 Å². The molecule has 86 valence electrons. The molecule has 1 aliphatic rings. The van der Waals surface area contributed by atoms with Crippen LogP contribution in [-0.4, -0.2) is 28.2 Å². The second-order valence-electron chi connectivity index (χ2n) is 4.24. The van der Waals surface area contributed by atoms with Gasteiger partial charge in [-0.25, -0.2) is 0 Å². The Labute approximate surface area is 88.3 Å². The van der Waals surface area contributed by atoms with Gasteiger partial charge in [-0.1, -0.05) is 0 Å². The van der Waals surface area contributed by atoms with Crippen LogP contribution >= 0.6 is 0 Å². The molecule has 0 saturated heterocycles. The van der Waals surface area contributed by atoms with E-state index < -0.39 is 18.0 Å². The molecular weight excluding hydrogens is 198 g/mol. The number of aliphatic carboxylic acids is 2. The third-order valence-electron chi connectivity index (χ3n) is 3.10. The van der Waals surface area contributed by atoms with Gasteiger partial charge in [-0.15, -0.1) is 0 Å². The summed E-state index contributed by atoms with van der Waals surface area (Å²) in [5.41, 5.74) is 5.43. The average Bonchev–Trinajstić information content (AvgIpc) is 2.18. The summed E-state index contributed by atoms with van der Waals surface area (Å²) in [6, 6.07) is -0.809. The summed E-state index contributed by atoms with van der Waals surface area (Å²) in [6.07, 6.45) is 3.30. The smallest absolute Gasteiger partial charge is 0.320 e. The Kier molecular flexibility index (Phi) is 4.08. The zero-order chi connectivity index (χ0) is 11.4. The molecule has 5 nitrogen and oxygen atoms in total. The van der Waals surface area contributed by atoms with Crippen LogP contribution in [0.5, 0.6) is 0 Å². The standard InChI is InChI=1S/C10H17NO4/c11-8(10(14)15)5-6-1-3-7(4-2-6)9(12)13/h6-8H,1-5,11H2,(H,12,13)(H,14,15). The first-order valence-corrected chi connectivity index (χ1v) is 5.22. The zero-order valence-electron chi connectivity index (χ0n) is 8.56. The van der Waals surface area contributed by atoms with Crippen LogP contribution in [0, 0.1) is 11.8 Å². The molecule has 0 radical (unpaired) electrons. The fraction of sp³-hybridized carbons (Fsp3) is 0.800. The van der Waals surface area contributed by atoms with Gasteiger partial charge in [0.05, 0.1) is 5.92 Å². The molecule has 4 N–H and O–H groups in total. The number of carboxylic acids is 2. The molecule has 1 saturated carbocycles. The van der Waals surface area contributed by atoms with Crippen molar-refractivity contribution in [2.75, 3.05) is 0 Å². The summed E-state index contributed by atoms with van der Waals surface area (Å²) < 4.78 is 0. The number of hydrogen-bond donors (Lipinski definition) is 3. The second kappa shape index (κ2) is 5.11. The van der Waals surface area contributed by atoms with E-state index in [4.69, 9.17) is 15.9 Å². The van der Waals surface area contributed by atoms with Crippen LogP contribution in [-0.2, 0) is 9.59 Å². The fourth-order valence-corrected chi connectivity index (χ4v) is 2.11. The fourth-order valence-electron chi connectivity index (χ4n) is 2.11. The molecule has 1 unspecified atom stereocenters. The number of carboxylic acid groups (broad SMARTS) is 2. The van der Waals surface area contributed by atoms with Gasteiger partial charge in [-0.3, -0.25) is 9.59 Å². The van der Waals surface area contributed by atoms with Crippen molar-refractivity contribution in [1.82, 2.24) is 0 Å². The van der Waals surface area contributed by atoms with Gasteiger partial charge in [0.15, 0.2) is 0 Å². The van der Waals surface area contributed by atoms with Crippen LogP contribution in [0.3, 0.4) is 0 Å². The first-order chi connectivity index (χ1) is 7.00. The summed E-state index contributed by atoms with van der Waals surface area (Å²) in [5.74, 6) is -1.69. The third-order valence-corrected chi connectivity index (χ3v) is 3.10. The predicted octanol–water partition coefficient (Wildman–Crippen LogP) is 0.679. The number of carbonyl (C=O) groups is 2. The molecule has 1 fully saturated rings. The molecule has 1 aliphatic carbocycles. The molecule has 0 amide bonds. The van der Waals surface area contributed by atoms with Crippen molar-refractivity contribution in [3.05, 3.63) is 0 Å². The Bertz CT molecular complexity index is 246. The van der Waals surface area contributed by atoms with Gasteiger partial charge in [-0.05, 0) is 38.0 Å². The molecule has 1 rings (SSSR count). The minimum Gasteiger partial charge on any atom is -0.481 e. The molecule has 1 atom stereocenters. The molecule has 0 aliphatic heterocycles. The lowest BCUT2D eigenvalue weighted by molar-refractivity contribution is -0.143. The van der Waals surface area contributed by atoms with Crippen LogP contribution in [0.4, 0.5) is 0 Å². The first kappa shape index (κ1) is 12.0. The second-order valence-corrected chi connectivity index (χ2v) is 4.24. The lowest BCUT2D eigenvalue weighted by Gasteiger charge is -2.26. The first-order valence-electron chi connectivity index (χ1n) is 5.22. The van der Waals surface area contributed by atoms with Gasteiger partial charge in [0, 0.05) is 0 Å². The van der Waals surface area contributed by atoms with Gasteiger partial charge in [0.25, 0.3) is 0 Å². The maximum atomic E-state index is 10.7. The van der Waals surface area contributed by atoms with E-state index >= 15 is 0 Å². The van der Waals surface area contributed by atoms with E-state index in [0.717, 1.165) is 12.8 Å². The Morgan fingerprint density at radius 3 is 2.13 bits per heavy atom. The van der Waals surface area contributed by atoms with E-state index in [1.165, 1.54) is 0 Å². The van der Waals surface area contributed by atoms with E-state index in [1.54, 1.807) is 0 Å². The molecule has 0 heterocycles. The minimum atomic E-state index is -0.977. The molecule has 0 aromatic carbocycles. The van der Waals surface area contributed by atoms with Gasteiger partial charge < -0.3 is 15.9 Å². The van der Waals surface area contributed by atoms with Crippen molar-refractivity contribution in [3.63, 3.8) is 0 Å². The Hall–Kier alpha value is -1.10. The largest absolute Gasteiger partial charge is 0.481 e. The molecule has 0 aromatic heterocycles. The maximum Gasteiger partial charge on any atom is 0.320 e. The Morgan fingerprint density at radius 2 is 1.73 bits per heavy atom. The van der Waals surface area contributed by atoms with Crippen LogP contribution in [0.25, 0.3) is 0 Å². The predicted molar refractivity (Wildman–Crippen MR) is 53.3 cm³/mol. The van der Waals surface area contributed by atoms with E-state index in [-0.39, 0.29) is 11.8 Å². The van der Waals surface area contributed by atoms with Gasteiger partial charge in [-0.2, -0.15) is 0 Å². The Morgan fingerprint density at radius 1 is 1.20 bits per heavy atom. The number of hydrogen-bond acceptors (Lipinski definition) is 3. The molecule has 0 aromatic rings. The van der Waals surface area contributed by atoms with Crippen molar-refractivity contribution in [1.29, 1.82) is 0 Å². The third kappa shape index (κ3) is 3.51. The zero-order valence-corrected chi connectivity index (χ0v) is 8.56. The van der Waals surface area contributed by atoms with Gasteiger partial charge in [0.1, 0.15) is 6.04 Å².